The molecule has 0 aliphatic heterocycles. The topological polar surface area (TPSA) is 81.7 Å². The fourth-order valence-electron chi connectivity index (χ4n) is 2.89. The third-order valence-electron chi connectivity index (χ3n) is 4.92. The van der Waals surface area contributed by atoms with Gasteiger partial charge in [-0.3, -0.25) is 4.79 Å². The van der Waals surface area contributed by atoms with Crippen LogP contribution in [0, 0.1) is 5.41 Å². The summed E-state index contributed by atoms with van der Waals surface area (Å²) in [5.41, 5.74) is 1.68. The number of rotatable bonds is 7. The van der Waals surface area contributed by atoms with Gasteiger partial charge in [-0.25, -0.2) is 4.79 Å². The summed E-state index contributed by atoms with van der Waals surface area (Å²) in [5.74, 6) is -0.0250. The van der Waals surface area contributed by atoms with E-state index in [4.69, 9.17) is 23.2 Å². The predicted octanol–water partition coefficient (Wildman–Crippen LogP) is 5.63. The van der Waals surface area contributed by atoms with Crippen molar-refractivity contribution in [2.45, 2.75) is 53.3 Å². The van der Waals surface area contributed by atoms with Crippen LogP contribution in [0.3, 0.4) is 0 Å². The van der Waals surface area contributed by atoms with E-state index in [2.05, 4.69) is 10.6 Å². The second kappa shape index (κ2) is 11.0. The minimum absolute atomic E-state index is 0.0250. The lowest BCUT2D eigenvalue weighted by Crippen LogP contribution is -2.42. The molecule has 2 rings (SSSR count). The van der Waals surface area contributed by atoms with E-state index in [9.17, 15) is 14.7 Å². The average Bonchev–Trinajstić information content (AvgIpc) is 2.71. The molecule has 0 fully saturated rings. The largest absolute Gasteiger partial charge is 0.387 e. The summed E-state index contributed by atoms with van der Waals surface area (Å²) in [6.45, 7) is 9.85. The maximum absolute atomic E-state index is 12.9. The van der Waals surface area contributed by atoms with Crippen LogP contribution in [0.5, 0.6) is 0 Å². The van der Waals surface area contributed by atoms with Gasteiger partial charge in [-0.15, -0.1) is 0 Å². The van der Waals surface area contributed by atoms with E-state index in [0.29, 0.717) is 27.8 Å². The molecule has 2 aromatic rings. The Kier molecular flexibility index (Phi) is 8.96. The molecule has 3 amide bonds. The van der Waals surface area contributed by atoms with Crippen LogP contribution in [0.4, 0.5) is 10.5 Å². The number of urea groups is 1. The van der Waals surface area contributed by atoms with Gasteiger partial charge in [0, 0.05) is 23.7 Å². The van der Waals surface area contributed by atoms with Crippen molar-refractivity contribution in [2.24, 2.45) is 5.41 Å². The van der Waals surface area contributed by atoms with Gasteiger partial charge in [-0.2, -0.15) is 0 Å². The first-order valence-corrected chi connectivity index (χ1v) is 11.2. The van der Waals surface area contributed by atoms with Gasteiger partial charge in [0.15, 0.2) is 0 Å². The first kappa shape index (κ1) is 26.0. The molecule has 3 N–H and O–H groups in total. The van der Waals surface area contributed by atoms with E-state index >= 15 is 0 Å². The first-order valence-electron chi connectivity index (χ1n) is 10.5. The number of amides is 3. The average molecular weight is 480 g/mol. The van der Waals surface area contributed by atoms with Crippen LogP contribution in [-0.4, -0.2) is 34.5 Å². The highest BCUT2D eigenvalue weighted by molar-refractivity contribution is 6.42. The Labute approximate surface area is 199 Å². The summed E-state index contributed by atoms with van der Waals surface area (Å²) in [4.78, 5) is 26.4. The number of nitrogens with one attached hydrogen (secondary N) is 2. The number of anilines is 1. The Morgan fingerprint density at radius 1 is 1.03 bits per heavy atom. The van der Waals surface area contributed by atoms with E-state index in [0.717, 1.165) is 5.56 Å². The minimum atomic E-state index is -0.910. The zero-order chi connectivity index (χ0) is 24.1. The Morgan fingerprint density at radius 2 is 1.66 bits per heavy atom. The summed E-state index contributed by atoms with van der Waals surface area (Å²) >= 11 is 12.0. The predicted molar refractivity (Wildman–Crippen MR) is 130 cm³/mol. The number of hydrogen-bond donors (Lipinski definition) is 3. The van der Waals surface area contributed by atoms with Gasteiger partial charge in [0.05, 0.1) is 22.7 Å². The molecule has 8 heteroatoms. The van der Waals surface area contributed by atoms with Gasteiger partial charge in [0.25, 0.3) is 0 Å². The lowest BCUT2D eigenvalue weighted by atomic mass is 9.95. The van der Waals surface area contributed by atoms with Gasteiger partial charge < -0.3 is 20.6 Å². The number of aliphatic hydroxyl groups is 1. The fraction of sp³-hybridized carbons (Fsp3) is 0.417. The first-order chi connectivity index (χ1) is 14.9. The molecule has 0 heterocycles. The monoisotopic (exact) mass is 479 g/mol. The molecule has 32 heavy (non-hydrogen) atoms. The van der Waals surface area contributed by atoms with Crippen LogP contribution < -0.4 is 10.6 Å². The van der Waals surface area contributed by atoms with Gasteiger partial charge in [0.1, 0.15) is 0 Å². The van der Waals surface area contributed by atoms with Crippen molar-refractivity contribution in [3.63, 3.8) is 0 Å². The maximum atomic E-state index is 12.9. The number of halogens is 2. The van der Waals surface area contributed by atoms with Gasteiger partial charge in [0.2, 0.25) is 5.91 Å². The number of carbonyl (C=O) groups is 2. The van der Waals surface area contributed by atoms with E-state index < -0.39 is 11.5 Å². The standard InChI is InChI=1S/C24H31Cl2N3O3/c1-15(2)29(14-21(30)17-8-11-19(25)20(26)12-17)23(32)28-18-9-6-16(7-10-18)13-27-22(31)24(3,4)5/h6-12,15,21,30H,13-14H2,1-5H3,(H,27,31)(H,28,32). The summed E-state index contributed by atoms with van der Waals surface area (Å²) < 4.78 is 0. The van der Waals surface area contributed by atoms with Crippen LogP contribution in [0.1, 0.15) is 51.8 Å². The Morgan fingerprint density at radius 3 is 2.19 bits per heavy atom. The Hall–Kier alpha value is -2.28. The molecule has 1 unspecified atom stereocenters. The van der Waals surface area contributed by atoms with Gasteiger partial charge >= 0.3 is 6.03 Å². The quantitative estimate of drug-likeness (QED) is 0.480. The van der Waals surface area contributed by atoms with Crippen LogP contribution in [-0.2, 0) is 11.3 Å². The summed E-state index contributed by atoms with van der Waals surface area (Å²) in [6, 6.07) is 11.7. The number of carbonyl (C=O) groups excluding carboxylic acids is 2. The molecule has 6 nitrogen and oxygen atoms in total. The maximum Gasteiger partial charge on any atom is 0.322 e. The second-order valence-electron chi connectivity index (χ2n) is 9.00. The molecule has 2 aromatic carbocycles. The highest BCUT2D eigenvalue weighted by Gasteiger charge is 2.22. The van der Waals surface area contributed by atoms with Crippen LogP contribution in [0.25, 0.3) is 0 Å². The molecule has 0 aromatic heterocycles. The van der Waals surface area contributed by atoms with Crippen molar-refractivity contribution in [1.29, 1.82) is 0 Å². The van der Waals surface area contributed by atoms with Gasteiger partial charge in [-0.1, -0.05) is 62.2 Å². The summed E-state index contributed by atoms with van der Waals surface area (Å²) in [5, 5.41) is 17.1. The van der Waals surface area contributed by atoms with Crippen LogP contribution in [0.15, 0.2) is 42.5 Å². The molecule has 1 atom stereocenters. The third kappa shape index (κ3) is 7.40. The lowest BCUT2D eigenvalue weighted by Gasteiger charge is -2.29. The van der Waals surface area contributed by atoms with Crippen LogP contribution in [0.2, 0.25) is 10.0 Å². The number of hydrogen-bond acceptors (Lipinski definition) is 3. The summed E-state index contributed by atoms with van der Waals surface area (Å²) in [7, 11) is 0. The van der Waals surface area contributed by atoms with Crippen LogP contribution >= 0.6 is 23.2 Å². The molecule has 0 aliphatic rings. The molecule has 174 valence electrons. The normalized spacial score (nSPS) is 12.4. The Bertz CT molecular complexity index is 940. The van der Waals surface area contributed by atoms with Crippen molar-refractivity contribution < 1.29 is 14.7 Å². The zero-order valence-electron chi connectivity index (χ0n) is 19.1. The number of benzene rings is 2. The van der Waals surface area contributed by atoms with E-state index in [1.54, 1.807) is 35.2 Å². The highest BCUT2D eigenvalue weighted by Crippen LogP contribution is 2.26. The molecule has 0 spiro atoms. The third-order valence-corrected chi connectivity index (χ3v) is 5.66. The Balaban J connectivity index is 2.00. The van der Waals surface area contributed by atoms with Crippen molar-refractivity contribution >= 4 is 40.8 Å². The lowest BCUT2D eigenvalue weighted by molar-refractivity contribution is -0.128. The molecular weight excluding hydrogens is 449 g/mol. The van der Waals surface area contributed by atoms with E-state index in [1.165, 1.54) is 0 Å². The van der Waals surface area contributed by atoms with E-state index in [-0.39, 0.29) is 24.5 Å². The fourth-order valence-corrected chi connectivity index (χ4v) is 3.19. The molecule has 0 saturated heterocycles. The van der Waals surface area contributed by atoms with Crippen molar-refractivity contribution in [3.05, 3.63) is 63.6 Å². The summed E-state index contributed by atoms with van der Waals surface area (Å²) in [6.07, 6.45) is -0.910. The number of aliphatic hydroxyl groups excluding tert-OH is 1. The highest BCUT2D eigenvalue weighted by atomic mass is 35.5. The molecule has 0 saturated carbocycles. The molecule has 0 aliphatic carbocycles. The smallest absolute Gasteiger partial charge is 0.322 e. The number of nitrogens with zero attached hydrogens (tertiary/aromatic N) is 1. The van der Waals surface area contributed by atoms with Crippen molar-refractivity contribution in [3.8, 4) is 0 Å². The molecule has 0 bridgehead atoms. The van der Waals surface area contributed by atoms with Crippen molar-refractivity contribution in [1.82, 2.24) is 10.2 Å². The SMILES string of the molecule is CC(C)N(CC(O)c1ccc(Cl)c(Cl)c1)C(=O)Nc1ccc(CNC(=O)C(C)(C)C)cc1. The van der Waals surface area contributed by atoms with Gasteiger partial charge in [-0.05, 0) is 49.2 Å². The zero-order valence-corrected chi connectivity index (χ0v) is 20.6. The molecule has 0 radical (unpaired) electrons. The minimum Gasteiger partial charge on any atom is -0.387 e. The van der Waals surface area contributed by atoms with Crippen molar-refractivity contribution in [2.75, 3.05) is 11.9 Å². The second-order valence-corrected chi connectivity index (χ2v) is 9.81. The van der Waals surface area contributed by atoms with E-state index in [1.807, 2.05) is 46.8 Å². The molecular formula is C24H31Cl2N3O3.